The number of Topliss-reactive ketones (excluding diaryl/α,β-unsaturated/α-hetero) is 1. The minimum atomic E-state index is -3.50. The van der Waals surface area contributed by atoms with Gasteiger partial charge in [0.1, 0.15) is 4.21 Å². The number of aromatic nitrogens is 1. The molecule has 0 aromatic carbocycles. The van der Waals surface area contributed by atoms with Crippen LogP contribution >= 0.6 is 11.3 Å². The Morgan fingerprint density at radius 1 is 1.30 bits per heavy atom. The number of carbonyl (C=O) groups excluding carboxylic acids is 2. The normalized spacial score (nSPS) is 15.8. The number of ether oxygens (including phenoxy) is 1. The van der Waals surface area contributed by atoms with Gasteiger partial charge in [0.25, 0.3) is 10.0 Å². The molecular weight excluding hydrogens is 424 g/mol. The first kappa shape index (κ1) is 22.5. The second-order valence-corrected chi connectivity index (χ2v) is 10.4. The van der Waals surface area contributed by atoms with Gasteiger partial charge in [-0.05, 0) is 44.2 Å². The summed E-state index contributed by atoms with van der Waals surface area (Å²) in [4.78, 5) is 25.0. The highest BCUT2D eigenvalue weighted by atomic mass is 32.2. The molecule has 0 bridgehead atoms. The van der Waals surface area contributed by atoms with Crippen LogP contribution in [-0.4, -0.2) is 48.7 Å². The number of carbonyl (C=O) groups is 2. The Hall–Kier alpha value is -2.23. The van der Waals surface area contributed by atoms with Gasteiger partial charge < -0.3 is 9.30 Å². The summed E-state index contributed by atoms with van der Waals surface area (Å²) in [6.07, 6.45) is 2.52. The Balaban J connectivity index is 1.54. The average molecular weight is 451 g/mol. The Bertz CT molecular complexity index is 1030. The van der Waals surface area contributed by atoms with Crippen LogP contribution < -0.4 is 0 Å². The molecule has 3 heterocycles. The molecule has 1 saturated heterocycles. The fourth-order valence-electron chi connectivity index (χ4n) is 3.70. The van der Waals surface area contributed by atoms with Crippen molar-refractivity contribution in [2.45, 2.75) is 37.4 Å². The lowest BCUT2D eigenvalue weighted by Crippen LogP contribution is -2.40. The van der Waals surface area contributed by atoms with Gasteiger partial charge in [-0.1, -0.05) is 12.1 Å². The second kappa shape index (κ2) is 9.28. The molecule has 7 nitrogen and oxygen atoms in total. The zero-order chi connectivity index (χ0) is 21.9. The fraction of sp³-hybridized carbons (Fsp3) is 0.429. The maximum atomic E-state index is 12.6. The predicted octanol–water partition coefficient (Wildman–Crippen LogP) is 3.18. The van der Waals surface area contributed by atoms with Gasteiger partial charge in [-0.2, -0.15) is 4.31 Å². The van der Waals surface area contributed by atoms with E-state index in [0.717, 1.165) is 11.4 Å². The van der Waals surface area contributed by atoms with E-state index in [0.29, 0.717) is 29.2 Å². The Kier molecular flexibility index (Phi) is 6.95. The quantitative estimate of drug-likeness (QED) is 0.350. The smallest absolute Gasteiger partial charge is 0.309 e. The van der Waals surface area contributed by atoms with Gasteiger partial charge >= 0.3 is 5.97 Å². The van der Waals surface area contributed by atoms with Crippen LogP contribution in [0.3, 0.4) is 0 Å². The number of rotatable bonds is 8. The molecule has 2 aromatic heterocycles. The molecule has 30 heavy (non-hydrogen) atoms. The number of nitrogens with zero attached hydrogens (tertiary/aromatic N) is 2. The summed E-state index contributed by atoms with van der Waals surface area (Å²) in [7, 11) is -3.50. The molecule has 0 saturated carbocycles. The second-order valence-electron chi connectivity index (χ2n) is 7.33. The van der Waals surface area contributed by atoms with Gasteiger partial charge in [0, 0.05) is 36.6 Å². The van der Waals surface area contributed by atoms with E-state index in [4.69, 9.17) is 4.74 Å². The molecule has 162 valence electrons. The number of hydrogen-bond acceptors (Lipinski definition) is 6. The first-order valence-corrected chi connectivity index (χ1v) is 12.1. The third-order valence-corrected chi connectivity index (χ3v) is 8.68. The molecule has 0 aliphatic carbocycles. The first-order chi connectivity index (χ1) is 14.3. The highest BCUT2D eigenvalue weighted by Gasteiger charge is 2.33. The van der Waals surface area contributed by atoms with Crippen LogP contribution in [0.25, 0.3) is 0 Å². The lowest BCUT2D eigenvalue weighted by atomic mass is 9.98. The molecule has 0 unspecified atom stereocenters. The highest BCUT2D eigenvalue weighted by Crippen LogP contribution is 2.27. The summed E-state index contributed by atoms with van der Waals surface area (Å²) in [6, 6.07) is 5.08. The molecule has 9 heteroatoms. The molecule has 0 amide bonds. The van der Waals surface area contributed by atoms with Crippen molar-refractivity contribution >= 4 is 33.1 Å². The van der Waals surface area contributed by atoms with Crippen LogP contribution in [0.2, 0.25) is 0 Å². The molecule has 1 aliphatic heterocycles. The SMILES string of the molecule is C=CCn1c(C)cc(C(=O)COC(=O)C2CCN(S(=O)(=O)c3cccs3)CC2)c1C. The van der Waals surface area contributed by atoms with Gasteiger partial charge in [0.15, 0.2) is 6.61 Å². The van der Waals surface area contributed by atoms with Crippen molar-refractivity contribution in [2.75, 3.05) is 19.7 Å². The third kappa shape index (κ3) is 4.58. The van der Waals surface area contributed by atoms with Crippen molar-refractivity contribution < 1.29 is 22.7 Å². The Morgan fingerprint density at radius 2 is 2.00 bits per heavy atom. The van der Waals surface area contributed by atoms with Crippen LogP contribution in [-0.2, 0) is 26.1 Å². The van der Waals surface area contributed by atoms with Crippen molar-refractivity contribution in [1.82, 2.24) is 8.87 Å². The summed E-state index contributed by atoms with van der Waals surface area (Å²) < 4.78 is 34.1. The van der Waals surface area contributed by atoms with E-state index < -0.39 is 21.9 Å². The standard InChI is InChI=1S/C21H26N2O5S2/c1-4-9-23-15(2)13-18(16(23)3)19(24)14-28-21(25)17-7-10-22(11-8-17)30(26,27)20-6-5-12-29-20/h4-6,12-13,17H,1,7-11,14H2,2-3H3. The first-order valence-electron chi connectivity index (χ1n) is 9.76. The van der Waals surface area contributed by atoms with Crippen molar-refractivity contribution in [1.29, 1.82) is 0 Å². The molecule has 1 fully saturated rings. The van der Waals surface area contributed by atoms with Gasteiger partial charge in [-0.25, -0.2) is 8.42 Å². The summed E-state index contributed by atoms with van der Waals surface area (Å²) >= 11 is 1.18. The lowest BCUT2D eigenvalue weighted by molar-refractivity contribution is -0.148. The maximum Gasteiger partial charge on any atom is 0.309 e. The van der Waals surface area contributed by atoms with Crippen LogP contribution in [0.1, 0.15) is 34.6 Å². The van der Waals surface area contributed by atoms with Gasteiger partial charge in [-0.3, -0.25) is 9.59 Å². The molecule has 1 aliphatic rings. The molecular formula is C21H26N2O5S2. The van der Waals surface area contributed by atoms with Crippen LogP contribution in [0.15, 0.2) is 40.4 Å². The molecule has 0 radical (unpaired) electrons. The zero-order valence-electron chi connectivity index (χ0n) is 17.2. The minimum absolute atomic E-state index is 0.246. The molecule has 0 N–H and O–H groups in total. The number of aryl methyl sites for hydroxylation is 1. The molecule has 2 aromatic rings. The fourth-order valence-corrected chi connectivity index (χ4v) is 6.31. The van der Waals surface area contributed by atoms with E-state index in [9.17, 15) is 18.0 Å². The summed E-state index contributed by atoms with van der Waals surface area (Å²) in [5, 5.41) is 1.73. The van der Waals surface area contributed by atoms with Gasteiger partial charge in [-0.15, -0.1) is 17.9 Å². The molecule has 3 rings (SSSR count). The summed E-state index contributed by atoms with van der Waals surface area (Å²) in [5.74, 6) is -1.10. The third-order valence-electron chi connectivity index (χ3n) is 5.41. The van der Waals surface area contributed by atoms with E-state index in [1.807, 2.05) is 18.4 Å². The van der Waals surface area contributed by atoms with E-state index in [-0.39, 0.29) is 25.5 Å². The monoisotopic (exact) mass is 450 g/mol. The topological polar surface area (TPSA) is 85.7 Å². The number of hydrogen-bond donors (Lipinski definition) is 0. The predicted molar refractivity (Wildman–Crippen MR) is 115 cm³/mol. The number of ketones is 1. The molecule has 0 atom stereocenters. The van der Waals surface area contributed by atoms with Crippen molar-refractivity contribution in [3.05, 3.63) is 53.2 Å². The molecule has 0 spiro atoms. The van der Waals surface area contributed by atoms with Gasteiger partial charge in [0.2, 0.25) is 5.78 Å². The number of esters is 1. The number of allylic oxidation sites excluding steroid dienone is 1. The van der Waals surface area contributed by atoms with Crippen LogP contribution in [0.5, 0.6) is 0 Å². The van der Waals surface area contributed by atoms with E-state index in [1.54, 1.807) is 29.7 Å². The van der Waals surface area contributed by atoms with E-state index >= 15 is 0 Å². The number of thiophene rings is 1. The highest BCUT2D eigenvalue weighted by molar-refractivity contribution is 7.91. The average Bonchev–Trinajstić information content (AvgIpc) is 3.37. The largest absolute Gasteiger partial charge is 0.457 e. The number of sulfonamides is 1. The summed E-state index contributed by atoms with van der Waals surface area (Å²) in [5.41, 5.74) is 2.31. The summed E-state index contributed by atoms with van der Waals surface area (Å²) in [6.45, 7) is 8.31. The van der Waals surface area contributed by atoms with Crippen molar-refractivity contribution in [3.8, 4) is 0 Å². The minimum Gasteiger partial charge on any atom is -0.457 e. The number of piperidine rings is 1. The van der Waals surface area contributed by atoms with Crippen LogP contribution in [0.4, 0.5) is 0 Å². The van der Waals surface area contributed by atoms with Crippen molar-refractivity contribution in [2.24, 2.45) is 5.92 Å². The lowest BCUT2D eigenvalue weighted by Gasteiger charge is -2.29. The zero-order valence-corrected chi connectivity index (χ0v) is 18.8. The van der Waals surface area contributed by atoms with E-state index in [2.05, 4.69) is 6.58 Å². The van der Waals surface area contributed by atoms with Crippen molar-refractivity contribution in [3.63, 3.8) is 0 Å². The van der Waals surface area contributed by atoms with E-state index in [1.165, 1.54) is 15.6 Å². The van der Waals surface area contributed by atoms with Gasteiger partial charge in [0.05, 0.1) is 5.92 Å². The van der Waals surface area contributed by atoms with Crippen LogP contribution in [0, 0.1) is 19.8 Å². The Morgan fingerprint density at radius 3 is 2.60 bits per heavy atom. The maximum absolute atomic E-state index is 12.6. The Labute approximate surface area is 181 Å².